The molecule has 0 saturated carbocycles. The van der Waals surface area contributed by atoms with Crippen molar-refractivity contribution in [1.82, 2.24) is 0 Å². The van der Waals surface area contributed by atoms with E-state index in [-0.39, 0.29) is 6.61 Å². The summed E-state index contributed by atoms with van der Waals surface area (Å²) in [5, 5.41) is 3.30. The minimum atomic E-state index is -0.969. The number of esters is 2. The van der Waals surface area contributed by atoms with E-state index in [2.05, 4.69) is 5.32 Å². The Morgan fingerprint density at radius 3 is 2.57 bits per heavy atom. The standard InChI is InChI=1S/C22H25NO5S2/c1-3-27-22(26)18-14-8-4-5-9-16(14)30-20(18)23-19(24)12(2)28-21(25)17-11-13-7-6-10-15(13)29-17/h11-12H,3-10H2,1-2H3,(H,23,24). The lowest BCUT2D eigenvalue weighted by Gasteiger charge is -2.14. The van der Waals surface area contributed by atoms with Gasteiger partial charge >= 0.3 is 11.9 Å². The van der Waals surface area contributed by atoms with Crippen LogP contribution in [0.1, 0.15) is 74.0 Å². The molecule has 0 saturated heterocycles. The van der Waals surface area contributed by atoms with Gasteiger partial charge in [0, 0.05) is 9.75 Å². The van der Waals surface area contributed by atoms with Gasteiger partial charge < -0.3 is 14.8 Å². The van der Waals surface area contributed by atoms with Crippen LogP contribution in [0, 0.1) is 0 Å². The number of amides is 1. The van der Waals surface area contributed by atoms with Crippen LogP contribution >= 0.6 is 22.7 Å². The number of nitrogens with one attached hydrogen (secondary N) is 1. The van der Waals surface area contributed by atoms with Crippen molar-refractivity contribution in [2.75, 3.05) is 11.9 Å². The van der Waals surface area contributed by atoms with Crippen LogP contribution in [0.5, 0.6) is 0 Å². The van der Waals surface area contributed by atoms with E-state index < -0.39 is 23.9 Å². The molecule has 0 spiro atoms. The van der Waals surface area contributed by atoms with Crippen molar-refractivity contribution in [3.63, 3.8) is 0 Å². The van der Waals surface area contributed by atoms with E-state index in [1.165, 1.54) is 33.1 Å². The second kappa shape index (κ2) is 8.89. The average Bonchev–Trinajstić information content (AvgIpc) is 3.40. The Hall–Kier alpha value is -2.19. The van der Waals surface area contributed by atoms with E-state index in [0.717, 1.165) is 55.4 Å². The molecule has 1 N–H and O–H groups in total. The first-order valence-corrected chi connectivity index (χ1v) is 12.1. The second-order valence-electron chi connectivity index (χ2n) is 7.58. The highest BCUT2D eigenvalue weighted by Gasteiger charge is 2.29. The first-order valence-electron chi connectivity index (χ1n) is 10.4. The van der Waals surface area contributed by atoms with Gasteiger partial charge in [-0.15, -0.1) is 22.7 Å². The lowest BCUT2D eigenvalue weighted by molar-refractivity contribution is -0.123. The van der Waals surface area contributed by atoms with E-state index in [1.54, 1.807) is 13.8 Å². The summed E-state index contributed by atoms with van der Waals surface area (Å²) < 4.78 is 10.6. The van der Waals surface area contributed by atoms with Crippen LogP contribution in [0.25, 0.3) is 0 Å². The summed E-state index contributed by atoms with van der Waals surface area (Å²) in [4.78, 5) is 40.6. The summed E-state index contributed by atoms with van der Waals surface area (Å²) in [5.74, 6) is -1.34. The van der Waals surface area contributed by atoms with Crippen LogP contribution in [0.4, 0.5) is 5.00 Å². The molecule has 30 heavy (non-hydrogen) atoms. The highest BCUT2D eigenvalue weighted by molar-refractivity contribution is 7.17. The number of anilines is 1. The Labute approximate surface area is 183 Å². The molecule has 1 amide bonds. The predicted octanol–water partition coefficient (Wildman–Crippen LogP) is 4.54. The van der Waals surface area contributed by atoms with Gasteiger partial charge in [0.05, 0.1) is 12.2 Å². The van der Waals surface area contributed by atoms with Crippen LogP contribution in [0.3, 0.4) is 0 Å². The summed E-state index contributed by atoms with van der Waals surface area (Å²) in [6.45, 7) is 3.58. The molecule has 0 aliphatic heterocycles. The van der Waals surface area contributed by atoms with Crippen molar-refractivity contribution in [3.05, 3.63) is 37.4 Å². The monoisotopic (exact) mass is 447 g/mol. The molecular formula is C22H25NO5S2. The van der Waals surface area contributed by atoms with Gasteiger partial charge in [0.1, 0.15) is 9.88 Å². The molecule has 160 valence electrons. The number of carbonyl (C=O) groups excluding carboxylic acids is 3. The molecule has 0 fully saturated rings. The number of carbonyl (C=O) groups is 3. The minimum Gasteiger partial charge on any atom is -0.462 e. The molecule has 8 heteroatoms. The highest BCUT2D eigenvalue weighted by atomic mass is 32.1. The van der Waals surface area contributed by atoms with Gasteiger partial charge in [-0.05, 0) is 76.0 Å². The lowest BCUT2D eigenvalue weighted by Crippen LogP contribution is -2.30. The van der Waals surface area contributed by atoms with Gasteiger partial charge in [-0.25, -0.2) is 9.59 Å². The van der Waals surface area contributed by atoms with Gasteiger partial charge in [0.25, 0.3) is 5.91 Å². The van der Waals surface area contributed by atoms with Gasteiger partial charge in [-0.3, -0.25) is 4.79 Å². The maximum Gasteiger partial charge on any atom is 0.349 e. The van der Waals surface area contributed by atoms with Gasteiger partial charge in [-0.2, -0.15) is 0 Å². The molecule has 2 heterocycles. The lowest BCUT2D eigenvalue weighted by atomic mass is 9.95. The van der Waals surface area contributed by atoms with Crippen molar-refractivity contribution in [2.24, 2.45) is 0 Å². The van der Waals surface area contributed by atoms with Crippen LogP contribution in [0.15, 0.2) is 6.07 Å². The maximum atomic E-state index is 12.7. The Morgan fingerprint density at radius 2 is 1.80 bits per heavy atom. The van der Waals surface area contributed by atoms with E-state index >= 15 is 0 Å². The maximum absolute atomic E-state index is 12.7. The fourth-order valence-corrected chi connectivity index (χ4v) is 6.41. The second-order valence-corrected chi connectivity index (χ2v) is 9.83. The van der Waals surface area contributed by atoms with Crippen molar-refractivity contribution in [2.45, 2.75) is 64.9 Å². The average molecular weight is 448 g/mol. The van der Waals surface area contributed by atoms with E-state index in [4.69, 9.17) is 9.47 Å². The predicted molar refractivity (Wildman–Crippen MR) is 117 cm³/mol. The van der Waals surface area contributed by atoms with Crippen molar-refractivity contribution in [3.8, 4) is 0 Å². The third-order valence-electron chi connectivity index (χ3n) is 5.49. The zero-order valence-electron chi connectivity index (χ0n) is 17.2. The molecule has 0 bridgehead atoms. The molecule has 2 aliphatic carbocycles. The highest BCUT2D eigenvalue weighted by Crippen LogP contribution is 2.39. The molecule has 0 aromatic carbocycles. The van der Waals surface area contributed by atoms with Crippen LogP contribution in [-0.2, 0) is 40.0 Å². The summed E-state index contributed by atoms with van der Waals surface area (Å²) in [6.07, 6.45) is 5.95. The largest absolute Gasteiger partial charge is 0.462 e. The Bertz CT molecular complexity index is 969. The van der Waals surface area contributed by atoms with E-state index in [1.807, 2.05) is 6.07 Å². The SMILES string of the molecule is CCOC(=O)c1c(NC(=O)C(C)OC(=O)c2cc3c(s2)CCC3)sc2c1CCCC2. The van der Waals surface area contributed by atoms with Crippen LogP contribution < -0.4 is 5.32 Å². The van der Waals surface area contributed by atoms with E-state index in [9.17, 15) is 14.4 Å². The van der Waals surface area contributed by atoms with Crippen molar-refractivity contribution >= 4 is 45.5 Å². The van der Waals surface area contributed by atoms with Crippen molar-refractivity contribution in [1.29, 1.82) is 0 Å². The molecule has 1 atom stereocenters. The quantitative estimate of drug-likeness (QED) is 0.658. The van der Waals surface area contributed by atoms with Gasteiger partial charge in [0.2, 0.25) is 0 Å². The summed E-state index contributed by atoms with van der Waals surface area (Å²) in [7, 11) is 0. The molecule has 1 unspecified atom stereocenters. The molecule has 4 rings (SSSR count). The number of rotatable bonds is 6. The normalized spacial score (nSPS) is 15.8. The van der Waals surface area contributed by atoms with Crippen LogP contribution in [-0.4, -0.2) is 30.6 Å². The first-order chi connectivity index (χ1) is 14.5. The number of fused-ring (bicyclic) bond motifs is 2. The molecule has 2 aromatic heterocycles. The Morgan fingerprint density at radius 1 is 1.03 bits per heavy atom. The topological polar surface area (TPSA) is 81.7 Å². The molecule has 6 nitrogen and oxygen atoms in total. The third-order valence-corrected chi connectivity index (χ3v) is 7.91. The molecule has 0 radical (unpaired) electrons. The Kier molecular flexibility index (Phi) is 6.24. The summed E-state index contributed by atoms with van der Waals surface area (Å²) in [5.41, 5.74) is 2.66. The molecular weight excluding hydrogens is 422 g/mol. The number of hydrogen-bond donors (Lipinski definition) is 1. The fourth-order valence-electron chi connectivity index (χ4n) is 3.99. The fraction of sp³-hybridized carbons (Fsp3) is 0.500. The van der Waals surface area contributed by atoms with E-state index in [0.29, 0.717) is 15.4 Å². The smallest absolute Gasteiger partial charge is 0.349 e. The zero-order valence-corrected chi connectivity index (χ0v) is 18.8. The summed E-state index contributed by atoms with van der Waals surface area (Å²) in [6, 6.07) is 1.88. The number of hydrogen-bond acceptors (Lipinski definition) is 7. The van der Waals surface area contributed by atoms with Crippen molar-refractivity contribution < 1.29 is 23.9 Å². The third kappa shape index (κ3) is 4.16. The first kappa shape index (κ1) is 21.1. The minimum absolute atomic E-state index is 0.273. The van der Waals surface area contributed by atoms with Crippen LogP contribution in [0.2, 0.25) is 0 Å². The number of ether oxygens (including phenoxy) is 2. The molecule has 2 aliphatic rings. The number of thiophene rings is 2. The Balaban J connectivity index is 1.46. The van der Waals surface area contributed by atoms with Gasteiger partial charge in [-0.1, -0.05) is 0 Å². The zero-order chi connectivity index (χ0) is 21.3. The molecule has 2 aromatic rings. The van der Waals surface area contributed by atoms with Gasteiger partial charge in [0.15, 0.2) is 6.10 Å². The number of aryl methyl sites for hydroxylation is 3. The summed E-state index contributed by atoms with van der Waals surface area (Å²) >= 11 is 2.87.